The van der Waals surface area contributed by atoms with E-state index in [2.05, 4.69) is 11.9 Å². The molecule has 1 rings (SSSR count). The van der Waals surface area contributed by atoms with Crippen LogP contribution in [-0.4, -0.2) is 34.6 Å². The maximum absolute atomic E-state index is 12.1. The van der Waals surface area contributed by atoms with E-state index in [4.69, 9.17) is 5.11 Å². The number of hydrogen-bond acceptors (Lipinski definition) is 2. The summed E-state index contributed by atoms with van der Waals surface area (Å²) < 4.78 is 0. The maximum Gasteiger partial charge on any atom is 0.322 e. The van der Waals surface area contributed by atoms with E-state index >= 15 is 0 Å². The summed E-state index contributed by atoms with van der Waals surface area (Å²) in [6.07, 6.45) is 1.65. The van der Waals surface area contributed by atoms with E-state index in [0.717, 1.165) is 0 Å². The quantitative estimate of drug-likeness (QED) is 0.785. The zero-order valence-corrected chi connectivity index (χ0v) is 11.8. The Kier molecular flexibility index (Phi) is 5.77. The van der Waals surface area contributed by atoms with E-state index in [1.54, 1.807) is 35.2 Å². The summed E-state index contributed by atoms with van der Waals surface area (Å²) in [6.45, 7) is 7.97. The van der Waals surface area contributed by atoms with Gasteiger partial charge in [0.1, 0.15) is 0 Å². The first kappa shape index (κ1) is 15.8. The fourth-order valence-corrected chi connectivity index (χ4v) is 1.74. The van der Waals surface area contributed by atoms with Gasteiger partial charge in [-0.05, 0) is 31.5 Å². The molecule has 0 unspecified atom stereocenters. The van der Waals surface area contributed by atoms with Gasteiger partial charge >= 0.3 is 12.0 Å². The fourth-order valence-electron chi connectivity index (χ4n) is 1.74. The zero-order chi connectivity index (χ0) is 15.1. The molecule has 0 fully saturated rings. The SMILES string of the molecule is C=CCN(C(=O)Nc1ccc(CC(=O)O)cc1)C(C)C. The largest absolute Gasteiger partial charge is 0.481 e. The third-order valence-electron chi connectivity index (χ3n) is 2.77. The Bertz CT molecular complexity index is 480. The smallest absolute Gasteiger partial charge is 0.322 e. The second-order valence-electron chi connectivity index (χ2n) is 4.73. The molecule has 0 atom stereocenters. The number of carboxylic acid groups (broad SMARTS) is 1. The van der Waals surface area contributed by atoms with Gasteiger partial charge in [-0.3, -0.25) is 4.79 Å². The minimum atomic E-state index is -0.876. The number of hydrogen-bond donors (Lipinski definition) is 2. The van der Waals surface area contributed by atoms with Crippen molar-refractivity contribution < 1.29 is 14.7 Å². The van der Waals surface area contributed by atoms with Gasteiger partial charge in [0, 0.05) is 18.3 Å². The molecule has 0 spiro atoms. The molecule has 0 radical (unpaired) electrons. The molecule has 0 saturated carbocycles. The summed E-state index contributed by atoms with van der Waals surface area (Å²) in [5, 5.41) is 11.5. The average Bonchev–Trinajstić information content (AvgIpc) is 2.37. The number of carbonyl (C=O) groups excluding carboxylic acids is 1. The number of aliphatic carboxylic acids is 1. The molecule has 0 aliphatic heterocycles. The highest BCUT2D eigenvalue weighted by Crippen LogP contribution is 2.12. The number of anilines is 1. The summed E-state index contributed by atoms with van der Waals surface area (Å²) >= 11 is 0. The van der Waals surface area contributed by atoms with Gasteiger partial charge in [-0.2, -0.15) is 0 Å². The van der Waals surface area contributed by atoms with E-state index < -0.39 is 5.97 Å². The van der Waals surface area contributed by atoms with Crippen LogP contribution >= 0.6 is 0 Å². The van der Waals surface area contributed by atoms with Crippen molar-refractivity contribution in [3.05, 3.63) is 42.5 Å². The van der Waals surface area contributed by atoms with Crippen LogP contribution in [0.15, 0.2) is 36.9 Å². The third-order valence-corrected chi connectivity index (χ3v) is 2.77. The number of benzene rings is 1. The molecule has 0 heterocycles. The number of nitrogens with one attached hydrogen (secondary N) is 1. The highest BCUT2D eigenvalue weighted by molar-refractivity contribution is 5.89. The summed E-state index contributed by atoms with van der Waals surface area (Å²) in [7, 11) is 0. The van der Waals surface area contributed by atoms with E-state index in [-0.39, 0.29) is 18.5 Å². The van der Waals surface area contributed by atoms with Gasteiger partial charge in [-0.15, -0.1) is 6.58 Å². The van der Waals surface area contributed by atoms with Gasteiger partial charge in [0.2, 0.25) is 0 Å². The molecule has 5 heteroatoms. The Balaban J connectivity index is 2.69. The maximum atomic E-state index is 12.1. The molecule has 0 bridgehead atoms. The van der Waals surface area contributed by atoms with Crippen molar-refractivity contribution in [3.8, 4) is 0 Å². The first-order valence-corrected chi connectivity index (χ1v) is 6.43. The topological polar surface area (TPSA) is 69.6 Å². The fraction of sp³-hybridized carbons (Fsp3) is 0.333. The summed E-state index contributed by atoms with van der Waals surface area (Å²) in [6, 6.07) is 6.64. The van der Waals surface area contributed by atoms with Crippen molar-refractivity contribution in [2.24, 2.45) is 0 Å². The number of urea groups is 1. The van der Waals surface area contributed by atoms with Gasteiger partial charge in [0.05, 0.1) is 6.42 Å². The first-order chi connectivity index (χ1) is 9.43. The second-order valence-corrected chi connectivity index (χ2v) is 4.73. The molecule has 5 nitrogen and oxygen atoms in total. The van der Waals surface area contributed by atoms with Gasteiger partial charge in [-0.25, -0.2) is 4.79 Å². The molecule has 0 saturated heterocycles. The number of carbonyl (C=O) groups is 2. The summed E-state index contributed by atoms with van der Waals surface area (Å²) in [4.78, 5) is 24.3. The van der Waals surface area contributed by atoms with E-state index in [1.807, 2.05) is 13.8 Å². The molecule has 0 aliphatic carbocycles. The van der Waals surface area contributed by atoms with Gasteiger partial charge in [0.25, 0.3) is 0 Å². The highest BCUT2D eigenvalue weighted by Gasteiger charge is 2.15. The van der Waals surface area contributed by atoms with Crippen molar-refractivity contribution in [1.29, 1.82) is 0 Å². The lowest BCUT2D eigenvalue weighted by molar-refractivity contribution is -0.136. The van der Waals surface area contributed by atoms with Crippen molar-refractivity contribution in [3.63, 3.8) is 0 Å². The van der Waals surface area contributed by atoms with Crippen LogP contribution in [0.3, 0.4) is 0 Å². The Morgan fingerprint density at radius 3 is 2.40 bits per heavy atom. The van der Waals surface area contributed by atoms with Crippen molar-refractivity contribution in [2.45, 2.75) is 26.3 Å². The summed E-state index contributed by atoms with van der Waals surface area (Å²) in [5.41, 5.74) is 1.33. The van der Waals surface area contributed by atoms with Crippen molar-refractivity contribution in [2.75, 3.05) is 11.9 Å². The molecule has 0 aliphatic rings. The molecule has 2 N–H and O–H groups in total. The number of carboxylic acids is 1. The predicted octanol–water partition coefficient (Wildman–Crippen LogP) is 2.74. The van der Waals surface area contributed by atoms with E-state index in [0.29, 0.717) is 17.8 Å². The first-order valence-electron chi connectivity index (χ1n) is 6.43. The zero-order valence-electron chi connectivity index (χ0n) is 11.8. The molecule has 0 aromatic heterocycles. The van der Waals surface area contributed by atoms with Gasteiger partial charge < -0.3 is 15.3 Å². The molecule has 1 aromatic carbocycles. The molecule has 108 valence electrons. The normalized spacial score (nSPS) is 10.2. The Labute approximate surface area is 118 Å². The molecular formula is C15H20N2O3. The lowest BCUT2D eigenvalue weighted by atomic mass is 10.1. The number of rotatable bonds is 6. The Morgan fingerprint density at radius 2 is 1.95 bits per heavy atom. The van der Waals surface area contributed by atoms with Gasteiger partial charge in [-0.1, -0.05) is 18.2 Å². The van der Waals surface area contributed by atoms with Crippen LogP contribution in [0.25, 0.3) is 0 Å². The monoisotopic (exact) mass is 276 g/mol. The number of amides is 2. The van der Waals surface area contributed by atoms with Crippen LogP contribution < -0.4 is 5.32 Å². The van der Waals surface area contributed by atoms with Crippen LogP contribution in [0.1, 0.15) is 19.4 Å². The van der Waals surface area contributed by atoms with Crippen LogP contribution in [0, 0.1) is 0 Å². The van der Waals surface area contributed by atoms with Crippen LogP contribution in [0.5, 0.6) is 0 Å². The molecule has 2 amide bonds. The standard InChI is InChI=1S/C15H20N2O3/c1-4-9-17(11(2)3)15(20)16-13-7-5-12(6-8-13)10-14(18)19/h4-8,11H,1,9-10H2,2-3H3,(H,16,20)(H,18,19). The third kappa shape index (κ3) is 4.76. The molecule has 20 heavy (non-hydrogen) atoms. The average molecular weight is 276 g/mol. The van der Waals surface area contributed by atoms with Crippen LogP contribution in [0.2, 0.25) is 0 Å². The van der Waals surface area contributed by atoms with Crippen LogP contribution in [0.4, 0.5) is 10.5 Å². The lowest BCUT2D eigenvalue weighted by Crippen LogP contribution is -2.40. The predicted molar refractivity (Wildman–Crippen MR) is 78.8 cm³/mol. The Morgan fingerprint density at radius 1 is 1.35 bits per heavy atom. The van der Waals surface area contributed by atoms with Gasteiger partial charge in [0.15, 0.2) is 0 Å². The summed E-state index contributed by atoms with van der Waals surface area (Å²) in [5.74, 6) is -0.876. The van der Waals surface area contributed by atoms with E-state index in [9.17, 15) is 9.59 Å². The molecule has 1 aromatic rings. The minimum absolute atomic E-state index is 0.0250. The highest BCUT2D eigenvalue weighted by atomic mass is 16.4. The lowest BCUT2D eigenvalue weighted by Gasteiger charge is -2.25. The number of nitrogens with zero attached hydrogens (tertiary/aromatic N) is 1. The van der Waals surface area contributed by atoms with Crippen LogP contribution in [-0.2, 0) is 11.2 Å². The minimum Gasteiger partial charge on any atom is -0.481 e. The Hall–Kier alpha value is -2.30. The second kappa shape index (κ2) is 7.33. The van der Waals surface area contributed by atoms with E-state index in [1.165, 1.54) is 0 Å². The van der Waals surface area contributed by atoms with Crippen molar-refractivity contribution in [1.82, 2.24) is 4.90 Å². The van der Waals surface area contributed by atoms with Crippen molar-refractivity contribution >= 4 is 17.7 Å². The molecular weight excluding hydrogens is 256 g/mol.